The maximum absolute atomic E-state index is 5.95. The van der Waals surface area contributed by atoms with E-state index in [0.29, 0.717) is 52.9 Å². The molecule has 32 heavy (non-hydrogen) atoms. The molecule has 2 aromatic rings. The molecule has 2 aromatic heterocycles. The number of rotatable bonds is 7. The Labute approximate surface area is 197 Å². The first-order valence-corrected chi connectivity index (χ1v) is 12.7. The van der Waals surface area contributed by atoms with Crippen LogP contribution in [0.1, 0.15) is 9.75 Å². The Bertz CT molecular complexity index is 774. The summed E-state index contributed by atoms with van der Waals surface area (Å²) in [6.45, 7) is 8.11. The molecule has 178 valence electrons. The summed E-state index contributed by atoms with van der Waals surface area (Å²) in [7, 11) is 4.28. The summed E-state index contributed by atoms with van der Waals surface area (Å²) in [6.07, 6.45) is 0. The van der Waals surface area contributed by atoms with Crippen molar-refractivity contribution in [3.05, 3.63) is 20.5 Å². The van der Waals surface area contributed by atoms with Crippen LogP contribution in [0.3, 0.4) is 0 Å². The molecular weight excluding hydrogens is 452 g/mol. The van der Waals surface area contributed by atoms with Gasteiger partial charge in [-0.3, -0.25) is 9.80 Å². The topological polar surface area (TPSA) is 61.9 Å². The lowest BCUT2D eigenvalue weighted by molar-refractivity contribution is 0.0874. The van der Waals surface area contributed by atoms with Crippen molar-refractivity contribution in [1.29, 1.82) is 0 Å². The average molecular weight is 485 g/mol. The number of likely N-dealkylation sites (N-methyl/N-ethyl adjacent to an activating group) is 2. The van der Waals surface area contributed by atoms with Crippen LogP contribution >= 0.6 is 22.7 Å². The van der Waals surface area contributed by atoms with E-state index >= 15 is 0 Å². The molecule has 10 heteroatoms. The number of hydrogen-bond donors (Lipinski definition) is 0. The smallest absolute Gasteiger partial charge is 0.176 e. The summed E-state index contributed by atoms with van der Waals surface area (Å²) in [5, 5.41) is 4.08. The average Bonchev–Trinajstić information content (AvgIpc) is 3.38. The van der Waals surface area contributed by atoms with Gasteiger partial charge in [0.2, 0.25) is 0 Å². The molecule has 4 rings (SSSR count). The highest BCUT2D eigenvalue weighted by Gasteiger charge is 2.19. The van der Waals surface area contributed by atoms with Crippen molar-refractivity contribution < 1.29 is 28.4 Å². The van der Waals surface area contributed by atoms with Crippen molar-refractivity contribution in [1.82, 2.24) is 9.80 Å². The van der Waals surface area contributed by atoms with Crippen LogP contribution in [-0.2, 0) is 22.6 Å². The Hall–Kier alpha value is -1.56. The highest BCUT2D eigenvalue weighted by molar-refractivity contribution is 7.10. The van der Waals surface area contributed by atoms with Crippen LogP contribution < -0.4 is 18.9 Å². The molecular formula is C22H32N2O6S2. The van der Waals surface area contributed by atoms with Crippen LogP contribution in [-0.4, -0.2) is 89.8 Å². The predicted octanol–water partition coefficient (Wildman–Crippen LogP) is 2.95. The standard InChI is InChI=1S/C22H32N2O6S2/c1-23(13-19-21-17(15-31-19)27-9-5-25-7-11-29-21)3-4-24(2)14-20-22-18(16-32-20)28-10-6-26-8-12-30-22/h15-16H,3-14H2,1-2H3. The minimum Gasteiger partial charge on any atom is -0.486 e. The van der Waals surface area contributed by atoms with E-state index in [-0.39, 0.29) is 0 Å². The molecule has 0 unspecified atom stereocenters. The largest absolute Gasteiger partial charge is 0.486 e. The molecule has 0 bridgehead atoms. The third-order valence-corrected chi connectivity index (χ3v) is 7.04. The first-order valence-electron chi connectivity index (χ1n) is 10.9. The zero-order chi connectivity index (χ0) is 22.2. The monoisotopic (exact) mass is 484 g/mol. The lowest BCUT2D eigenvalue weighted by Crippen LogP contribution is -2.30. The predicted molar refractivity (Wildman–Crippen MR) is 125 cm³/mol. The van der Waals surface area contributed by atoms with Gasteiger partial charge < -0.3 is 28.4 Å². The molecule has 0 fully saturated rings. The lowest BCUT2D eigenvalue weighted by Gasteiger charge is -2.22. The first kappa shape index (κ1) is 23.6. The molecule has 0 amide bonds. The molecule has 4 heterocycles. The Morgan fingerprint density at radius 3 is 1.47 bits per heavy atom. The van der Waals surface area contributed by atoms with E-state index in [9.17, 15) is 0 Å². The van der Waals surface area contributed by atoms with Gasteiger partial charge in [0.1, 0.15) is 26.4 Å². The van der Waals surface area contributed by atoms with Gasteiger partial charge in [0, 0.05) is 36.9 Å². The number of nitrogens with zero attached hydrogens (tertiary/aromatic N) is 2. The van der Waals surface area contributed by atoms with E-state index in [2.05, 4.69) is 23.9 Å². The summed E-state index contributed by atoms with van der Waals surface area (Å²) in [6, 6.07) is 0. The van der Waals surface area contributed by atoms with Gasteiger partial charge in [0.25, 0.3) is 0 Å². The SMILES string of the molecule is CN(CCN(C)Cc1scc2c1OCCOCCO2)Cc1scc2c1OCCOCCO2. The molecule has 0 N–H and O–H groups in total. The Kier molecular flexibility index (Phi) is 8.89. The van der Waals surface area contributed by atoms with Gasteiger partial charge >= 0.3 is 0 Å². The van der Waals surface area contributed by atoms with Crippen LogP contribution in [0.15, 0.2) is 10.8 Å². The second-order valence-corrected chi connectivity index (χ2v) is 9.73. The molecule has 8 nitrogen and oxygen atoms in total. The van der Waals surface area contributed by atoms with Gasteiger partial charge in [0.05, 0.1) is 36.2 Å². The minimum absolute atomic E-state index is 0.551. The fourth-order valence-corrected chi connectivity index (χ4v) is 5.45. The van der Waals surface area contributed by atoms with E-state index in [4.69, 9.17) is 28.4 Å². The van der Waals surface area contributed by atoms with Gasteiger partial charge in [-0.25, -0.2) is 0 Å². The normalized spacial score (nSPS) is 17.2. The zero-order valence-electron chi connectivity index (χ0n) is 18.8. The number of hydrogen-bond acceptors (Lipinski definition) is 10. The fraction of sp³-hybridized carbons (Fsp3) is 0.636. The number of fused-ring (bicyclic) bond motifs is 2. The van der Waals surface area contributed by atoms with Crippen molar-refractivity contribution in [2.45, 2.75) is 13.1 Å². The van der Waals surface area contributed by atoms with Crippen LogP contribution in [0.5, 0.6) is 23.0 Å². The summed E-state index contributed by atoms with van der Waals surface area (Å²) >= 11 is 3.39. The van der Waals surface area contributed by atoms with E-state index in [1.54, 1.807) is 22.7 Å². The highest BCUT2D eigenvalue weighted by atomic mass is 32.1. The van der Waals surface area contributed by atoms with Gasteiger partial charge in [0.15, 0.2) is 23.0 Å². The first-order chi connectivity index (χ1) is 15.7. The van der Waals surface area contributed by atoms with E-state index in [1.807, 2.05) is 10.8 Å². The van der Waals surface area contributed by atoms with Crippen LogP contribution in [0.2, 0.25) is 0 Å². The van der Waals surface area contributed by atoms with E-state index in [0.717, 1.165) is 49.2 Å². The molecule has 2 aliphatic rings. The van der Waals surface area contributed by atoms with Crippen molar-refractivity contribution in [2.24, 2.45) is 0 Å². The van der Waals surface area contributed by atoms with Crippen molar-refractivity contribution in [3.63, 3.8) is 0 Å². The van der Waals surface area contributed by atoms with Gasteiger partial charge in [-0.05, 0) is 14.1 Å². The van der Waals surface area contributed by atoms with E-state index < -0.39 is 0 Å². The minimum atomic E-state index is 0.551. The Balaban J connectivity index is 1.28. The number of thiophene rings is 2. The Morgan fingerprint density at radius 2 is 1.03 bits per heavy atom. The number of ether oxygens (including phenoxy) is 6. The third kappa shape index (κ3) is 6.49. The molecule has 0 radical (unpaired) electrons. The molecule has 0 saturated heterocycles. The quantitative estimate of drug-likeness (QED) is 0.595. The molecule has 0 spiro atoms. The second-order valence-electron chi connectivity index (χ2n) is 7.80. The van der Waals surface area contributed by atoms with Crippen molar-refractivity contribution in [2.75, 3.05) is 80.0 Å². The Morgan fingerprint density at radius 1 is 0.625 bits per heavy atom. The molecule has 0 aliphatic carbocycles. The molecule has 0 aromatic carbocycles. The van der Waals surface area contributed by atoms with Crippen LogP contribution in [0.4, 0.5) is 0 Å². The fourth-order valence-electron chi connectivity index (χ4n) is 3.48. The second kappa shape index (κ2) is 12.1. The van der Waals surface area contributed by atoms with E-state index in [1.165, 1.54) is 9.75 Å². The zero-order valence-corrected chi connectivity index (χ0v) is 20.4. The van der Waals surface area contributed by atoms with Gasteiger partial charge in [-0.15, -0.1) is 22.7 Å². The summed E-state index contributed by atoms with van der Waals surface area (Å²) < 4.78 is 34.4. The molecule has 0 atom stereocenters. The van der Waals surface area contributed by atoms with Crippen molar-refractivity contribution >= 4 is 22.7 Å². The maximum atomic E-state index is 5.95. The summed E-state index contributed by atoms with van der Waals surface area (Å²) in [4.78, 5) is 7.01. The van der Waals surface area contributed by atoms with Crippen molar-refractivity contribution in [3.8, 4) is 23.0 Å². The highest BCUT2D eigenvalue weighted by Crippen LogP contribution is 2.39. The molecule has 0 saturated carbocycles. The maximum Gasteiger partial charge on any atom is 0.176 e. The summed E-state index contributed by atoms with van der Waals surface area (Å²) in [5.74, 6) is 3.40. The third-order valence-electron chi connectivity index (χ3n) is 5.18. The van der Waals surface area contributed by atoms with Crippen LogP contribution in [0, 0.1) is 0 Å². The lowest BCUT2D eigenvalue weighted by atomic mass is 10.3. The molecule has 2 aliphatic heterocycles. The van der Waals surface area contributed by atoms with Crippen LogP contribution in [0.25, 0.3) is 0 Å². The van der Waals surface area contributed by atoms with Gasteiger partial charge in [-0.2, -0.15) is 0 Å². The van der Waals surface area contributed by atoms with Gasteiger partial charge in [-0.1, -0.05) is 0 Å². The summed E-state index contributed by atoms with van der Waals surface area (Å²) in [5.41, 5.74) is 0.